The maximum absolute atomic E-state index is 12.3. The molecule has 0 bridgehead atoms. The molecule has 1 unspecified atom stereocenters. The molecule has 2 heterocycles. The Morgan fingerprint density at radius 3 is 2.39 bits per heavy atom. The molecule has 2 aliphatic rings. The van der Waals surface area contributed by atoms with E-state index >= 15 is 0 Å². The van der Waals surface area contributed by atoms with Crippen molar-refractivity contribution in [3.63, 3.8) is 0 Å². The second kappa shape index (κ2) is 10.6. The highest BCUT2D eigenvalue weighted by Gasteiger charge is 2.34. The van der Waals surface area contributed by atoms with Crippen LogP contribution in [0.15, 0.2) is 0 Å². The van der Waals surface area contributed by atoms with Crippen LogP contribution in [0, 0.1) is 11.8 Å². The molecule has 0 aromatic carbocycles. The van der Waals surface area contributed by atoms with Crippen LogP contribution in [-0.2, 0) is 4.79 Å². The normalized spacial score (nSPS) is 23.0. The molecule has 1 amide bonds. The molecule has 2 N–H and O–H groups in total. The molecule has 0 radical (unpaired) electrons. The molecule has 9 heteroatoms. The number of hydrogen-bond donors (Lipinski definition) is 2. The first kappa shape index (κ1) is 22.8. The third-order valence-corrected chi connectivity index (χ3v) is 4.29. The summed E-state index contributed by atoms with van der Waals surface area (Å²) in [6.07, 6.45) is -0.816. The maximum Gasteiger partial charge on any atom is 0.401 e. The SMILES string of the molecule is Cl.Cl.O=C(CC1CCNCC1)NCC1CCN(CC(F)(F)F)C1. The highest BCUT2D eigenvalue weighted by molar-refractivity contribution is 5.85. The van der Waals surface area contributed by atoms with Crippen LogP contribution in [0.2, 0.25) is 0 Å². The van der Waals surface area contributed by atoms with Gasteiger partial charge in [-0.15, -0.1) is 24.8 Å². The van der Waals surface area contributed by atoms with Gasteiger partial charge < -0.3 is 10.6 Å². The summed E-state index contributed by atoms with van der Waals surface area (Å²) in [4.78, 5) is 13.3. The summed E-state index contributed by atoms with van der Waals surface area (Å²) in [7, 11) is 0. The number of nitrogens with zero attached hydrogens (tertiary/aromatic N) is 1. The fourth-order valence-corrected chi connectivity index (χ4v) is 3.16. The minimum Gasteiger partial charge on any atom is -0.356 e. The predicted molar refractivity (Wildman–Crippen MR) is 88.3 cm³/mol. The van der Waals surface area contributed by atoms with E-state index in [9.17, 15) is 18.0 Å². The first-order chi connectivity index (χ1) is 9.92. The van der Waals surface area contributed by atoms with Gasteiger partial charge in [-0.05, 0) is 50.7 Å². The molecule has 2 fully saturated rings. The first-order valence-corrected chi connectivity index (χ1v) is 7.69. The average Bonchev–Trinajstić information content (AvgIpc) is 2.83. The molecule has 2 saturated heterocycles. The van der Waals surface area contributed by atoms with Crippen molar-refractivity contribution in [1.82, 2.24) is 15.5 Å². The number of halogens is 5. The van der Waals surface area contributed by atoms with Gasteiger partial charge in [0, 0.05) is 19.5 Å². The summed E-state index contributed by atoms with van der Waals surface area (Å²) in [6, 6.07) is 0. The van der Waals surface area contributed by atoms with Gasteiger partial charge >= 0.3 is 6.18 Å². The van der Waals surface area contributed by atoms with Crippen LogP contribution < -0.4 is 10.6 Å². The van der Waals surface area contributed by atoms with E-state index in [1.165, 1.54) is 4.90 Å². The molecule has 1 atom stereocenters. The van der Waals surface area contributed by atoms with Crippen LogP contribution in [0.3, 0.4) is 0 Å². The van der Waals surface area contributed by atoms with E-state index in [1.807, 2.05) is 0 Å². The molecule has 0 aliphatic carbocycles. The lowest BCUT2D eigenvalue weighted by Crippen LogP contribution is -2.36. The zero-order chi connectivity index (χ0) is 15.3. The van der Waals surface area contributed by atoms with Gasteiger partial charge in [-0.2, -0.15) is 13.2 Å². The molecule has 0 aromatic heterocycles. The molecule has 23 heavy (non-hydrogen) atoms. The Labute approximate surface area is 147 Å². The monoisotopic (exact) mass is 379 g/mol. The molecule has 0 saturated carbocycles. The number of alkyl halides is 3. The van der Waals surface area contributed by atoms with Crippen molar-refractivity contribution in [2.75, 3.05) is 39.3 Å². The molecule has 4 nitrogen and oxygen atoms in total. The van der Waals surface area contributed by atoms with E-state index in [4.69, 9.17) is 0 Å². The molecular weight excluding hydrogens is 354 g/mol. The van der Waals surface area contributed by atoms with Crippen molar-refractivity contribution >= 4 is 30.7 Å². The van der Waals surface area contributed by atoms with E-state index in [2.05, 4.69) is 10.6 Å². The van der Waals surface area contributed by atoms with E-state index < -0.39 is 12.7 Å². The first-order valence-electron chi connectivity index (χ1n) is 7.69. The standard InChI is InChI=1S/C14H24F3N3O.2ClH/c15-14(16,17)10-20-6-3-12(9-20)8-19-13(21)7-11-1-4-18-5-2-11;;/h11-12,18H,1-10H2,(H,19,21);2*1H. The van der Waals surface area contributed by atoms with Gasteiger partial charge in [0.1, 0.15) is 0 Å². The molecule has 138 valence electrons. The quantitative estimate of drug-likeness (QED) is 0.769. The lowest BCUT2D eigenvalue weighted by molar-refractivity contribution is -0.143. The molecule has 0 aromatic rings. The van der Waals surface area contributed by atoms with Crippen LogP contribution in [-0.4, -0.2) is 56.3 Å². The second-order valence-corrected chi connectivity index (χ2v) is 6.21. The number of nitrogens with one attached hydrogen (secondary N) is 2. The van der Waals surface area contributed by atoms with Gasteiger partial charge in [-0.25, -0.2) is 0 Å². The van der Waals surface area contributed by atoms with E-state index in [0.717, 1.165) is 32.4 Å². The van der Waals surface area contributed by atoms with Gasteiger partial charge in [0.25, 0.3) is 0 Å². The Bertz CT molecular complexity index is 353. The van der Waals surface area contributed by atoms with Crippen LogP contribution in [0.5, 0.6) is 0 Å². The number of likely N-dealkylation sites (tertiary alicyclic amines) is 1. The Morgan fingerprint density at radius 1 is 1.13 bits per heavy atom. The van der Waals surface area contributed by atoms with Crippen molar-refractivity contribution in [2.45, 2.75) is 31.9 Å². The Morgan fingerprint density at radius 2 is 1.78 bits per heavy atom. The summed E-state index contributed by atoms with van der Waals surface area (Å²) < 4.78 is 36.9. The van der Waals surface area contributed by atoms with Crippen molar-refractivity contribution in [1.29, 1.82) is 0 Å². The van der Waals surface area contributed by atoms with Gasteiger partial charge in [-0.1, -0.05) is 0 Å². The van der Waals surface area contributed by atoms with Gasteiger partial charge in [0.05, 0.1) is 6.54 Å². The lowest BCUT2D eigenvalue weighted by Gasteiger charge is -2.22. The van der Waals surface area contributed by atoms with Gasteiger partial charge in [0.2, 0.25) is 5.91 Å². The van der Waals surface area contributed by atoms with E-state index in [0.29, 0.717) is 32.0 Å². The molecule has 2 rings (SSSR count). The summed E-state index contributed by atoms with van der Waals surface area (Å²) >= 11 is 0. The van der Waals surface area contributed by atoms with Crippen LogP contribution in [0.25, 0.3) is 0 Å². The fraction of sp³-hybridized carbons (Fsp3) is 0.929. The van der Waals surface area contributed by atoms with Crippen LogP contribution in [0.1, 0.15) is 25.7 Å². The van der Waals surface area contributed by atoms with E-state index in [1.54, 1.807) is 0 Å². The number of carbonyl (C=O) groups is 1. The van der Waals surface area contributed by atoms with E-state index in [-0.39, 0.29) is 36.6 Å². The van der Waals surface area contributed by atoms with Gasteiger partial charge in [0.15, 0.2) is 0 Å². The summed E-state index contributed by atoms with van der Waals surface area (Å²) in [6.45, 7) is 2.48. The minimum absolute atomic E-state index is 0. The third kappa shape index (κ3) is 8.98. The summed E-state index contributed by atoms with van der Waals surface area (Å²) in [5.41, 5.74) is 0. The Balaban J connectivity index is 0.00000242. The number of amides is 1. The minimum atomic E-state index is -4.13. The number of carbonyl (C=O) groups excluding carboxylic acids is 1. The van der Waals surface area contributed by atoms with Crippen LogP contribution >= 0.6 is 24.8 Å². The third-order valence-electron chi connectivity index (χ3n) is 4.29. The zero-order valence-electron chi connectivity index (χ0n) is 13.0. The maximum atomic E-state index is 12.3. The second-order valence-electron chi connectivity index (χ2n) is 6.21. The van der Waals surface area contributed by atoms with Crippen LogP contribution in [0.4, 0.5) is 13.2 Å². The van der Waals surface area contributed by atoms with Crippen molar-refractivity contribution in [2.24, 2.45) is 11.8 Å². The zero-order valence-corrected chi connectivity index (χ0v) is 14.7. The molecule has 2 aliphatic heterocycles. The van der Waals surface area contributed by atoms with Crippen molar-refractivity contribution in [3.05, 3.63) is 0 Å². The molecule has 0 spiro atoms. The summed E-state index contributed by atoms with van der Waals surface area (Å²) in [5, 5.41) is 6.15. The summed E-state index contributed by atoms with van der Waals surface area (Å²) in [5.74, 6) is 0.622. The topological polar surface area (TPSA) is 44.4 Å². The van der Waals surface area contributed by atoms with Crippen molar-refractivity contribution in [3.8, 4) is 0 Å². The largest absolute Gasteiger partial charge is 0.401 e. The number of piperidine rings is 1. The Kier molecular flexibility index (Phi) is 10.5. The van der Waals surface area contributed by atoms with Gasteiger partial charge in [-0.3, -0.25) is 9.69 Å². The lowest BCUT2D eigenvalue weighted by atomic mass is 9.94. The fourth-order valence-electron chi connectivity index (χ4n) is 3.16. The van der Waals surface area contributed by atoms with Crippen molar-refractivity contribution < 1.29 is 18.0 Å². The Hall–Kier alpha value is -0.240. The predicted octanol–water partition coefficient (Wildman–Crippen LogP) is 2.22. The smallest absolute Gasteiger partial charge is 0.356 e. The number of rotatable bonds is 5. The highest BCUT2D eigenvalue weighted by Crippen LogP contribution is 2.22. The number of hydrogen-bond acceptors (Lipinski definition) is 3. The molecular formula is C14H26Cl2F3N3O. The average molecular weight is 380 g/mol. The highest BCUT2D eigenvalue weighted by atomic mass is 35.5.